The van der Waals surface area contributed by atoms with E-state index in [1.807, 2.05) is 50.2 Å². The van der Waals surface area contributed by atoms with Crippen LogP contribution < -0.4 is 25.0 Å². The van der Waals surface area contributed by atoms with E-state index in [1.165, 1.54) is 27.0 Å². The van der Waals surface area contributed by atoms with Crippen molar-refractivity contribution in [2.45, 2.75) is 121 Å². The number of halogens is 1. The highest BCUT2D eigenvalue weighted by Gasteiger charge is 2.44. The van der Waals surface area contributed by atoms with Gasteiger partial charge in [-0.05, 0) is 78.0 Å². The summed E-state index contributed by atoms with van der Waals surface area (Å²) < 4.78 is 37.1. The number of aliphatic hydroxyl groups is 3. The number of fused-ring (bicyclic) bond motifs is 4. The van der Waals surface area contributed by atoms with Gasteiger partial charge in [-0.1, -0.05) is 67.6 Å². The first-order valence-corrected chi connectivity index (χ1v) is 29.2. The fourth-order valence-corrected chi connectivity index (χ4v) is 13.3. The van der Waals surface area contributed by atoms with Gasteiger partial charge in [0, 0.05) is 78.4 Å². The number of nitrogens with one attached hydrogen (secondary N) is 3. The number of rotatable bonds is 18. The van der Waals surface area contributed by atoms with E-state index in [9.17, 15) is 24.9 Å². The summed E-state index contributed by atoms with van der Waals surface area (Å²) in [6.07, 6.45) is 6.83. The number of likely N-dealkylation sites (tertiary alicyclic amines) is 1. The lowest BCUT2D eigenvalue weighted by Crippen LogP contribution is -2.50. The molecule has 2 amide bonds. The predicted molar refractivity (Wildman–Crippen MR) is 305 cm³/mol. The quantitative estimate of drug-likeness (QED) is 0.0503. The van der Waals surface area contributed by atoms with Crippen molar-refractivity contribution in [3.8, 4) is 44.6 Å². The van der Waals surface area contributed by atoms with E-state index in [0.717, 1.165) is 81.6 Å². The molecule has 6 atom stereocenters. The smallest absolute Gasteiger partial charge is 0.319 e. The number of thiazole rings is 1. The van der Waals surface area contributed by atoms with Gasteiger partial charge in [-0.25, -0.2) is 14.1 Å². The number of ether oxygens (including phenoxy) is 3. The van der Waals surface area contributed by atoms with Crippen molar-refractivity contribution < 1.29 is 43.5 Å². The third-order valence-electron chi connectivity index (χ3n) is 17.0. The number of hydrogen-bond acceptors (Lipinski definition) is 17. The number of aliphatic hydroxyl groups excluding tert-OH is 3. The SMILES string of the molecule is Cc1c(F)cc2[nH]ncc2c1-c1c(C2CC2)cc2c(N3C[C@@H]4C[C@H]3CN4)nc(OC3CCOCC3)nc2c1OCc1ccc(-c2cn([C@H](C(=O)N3C[C@H](O)C[C@H]3C(=O)N[C@@H](CO)c3ccc(-c4scnc4CO)cc3)C(C)C)nn2)cc1. The molecule has 426 valence electrons. The van der Waals surface area contributed by atoms with Crippen LogP contribution in [-0.4, -0.2) is 142 Å². The van der Waals surface area contributed by atoms with E-state index in [-0.39, 0.29) is 62.0 Å². The lowest BCUT2D eigenvalue weighted by molar-refractivity contribution is -0.142. The molecular formula is C60H65FN12O8S. The lowest BCUT2D eigenvalue weighted by Gasteiger charge is -2.31. The molecule has 4 aromatic heterocycles. The Morgan fingerprint density at radius 3 is 2.48 bits per heavy atom. The predicted octanol–water partition coefficient (Wildman–Crippen LogP) is 7.07. The molecule has 4 aliphatic heterocycles. The number of β-amino-alcohol motifs (C(OH)–C–C–N with tert-alkyl or cyclic N) is 1. The van der Waals surface area contributed by atoms with Gasteiger partial charge in [-0.15, -0.1) is 16.4 Å². The standard InChI is InChI=1S/C60H65FN12O8S/c1-31(2)54(59(78)72-25-40(76)19-50(72)58(77)65-48(27-74)36-10-12-37(13-11-36)56-49(28-75)63-30-82-56)73-26-47(69-70-73)35-6-4-33(5-7-35)29-80-55-52(51-32(3)45(61)21-46-44(51)23-64-68-46)42(34-8-9-34)20-43-53(55)66-60(81-41-14-16-79-17-15-41)67-57(43)71-24-38-18-39(71)22-62-38/h4-7,10-13,20-21,23,26,30-31,34,38-41,48,50,54,62,74-76H,8-9,14-19,22,24-25,27-29H2,1-3H3,(H,64,68)(H,65,77)/t38-,39-,40+,48-,50-,54-/m0/s1. The number of carbonyl (C=O) groups is 2. The summed E-state index contributed by atoms with van der Waals surface area (Å²) in [7, 11) is 0. The van der Waals surface area contributed by atoms with Gasteiger partial charge in [-0.2, -0.15) is 15.1 Å². The number of benzene rings is 4. The van der Waals surface area contributed by atoms with Crippen LogP contribution >= 0.6 is 11.3 Å². The molecule has 4 aromatic carbocycles. The Morgan fingerprint density at radius 1 is 0.963 bits per heavy atom. The van der Waals surface area contributed by atoms with Gasteiger partial charge in [-0.3, -0.25) is 14.7 Å². The molecule has 0 radical (unpaired) electrons. The van der Waals surface area contributed by atoms with Crippen LogP contribution in [0.15, 0.2) is 78.6 Å². The normalized spacial score (nSPS) is 20.8. The zero-order chi connectivity index (χ0) is 56.3. The van der Waals surface area contributed by atoms with Crippen molar-refractivity contribution in [2.75, 3.05) is 44.4 Å². The second kappa shape index (κ2) is 22.4. The van der Waals surface area contributed by atoms with Crippen LogP contribution in [0.1, 0.15) is 98.3 Å². The molecule has 1 aliphatic carbocycles. The van der Waals surface area contributed by atoms with Crippen LogP contribution in [-0.2, 0) is 27.5 Å². The number of anilines is 1. The molecule has 2 bridgehead atoms. The van der Waals surface area contributed by atoms with Crippen molar-refractivity contribution in [3.63, 3.8) is 0 Å². The molecule has 20 nitrogen and oxygen atoms in total. The van der Waals surface area contributed by atoms with Gasteiger partial charge in [0.05, 0.1) is 72.6 Å². The highest BCUT2D eigenvalue weighted by Crippen LogP contribution is 2.54. The summed E-state index contributed by atoms with van der Waals surface area (Å²) in [5.41, 5.74) is 10.0. The second-order valence-corrected chi connectivity index (χ2v) is 23.6. The summed E-state index contributed by atoms with van der Waals surface area (Å²) in [4.78, 5) is 47.9. The molecule has 82 heavy (non-hydrogen) atoms. The maximum Gasteiger partial charge on any atom is 0.319 e. The van der Waals surface area contributed by atoms with Crippen LogP contribution in [0, 0.1) is 18.7 Å². The van der Waals surface area contributed by atoms with Crippen molar-refractivity contribution in [1.29, 1.82) is 0 Å². The number of H-pyrrole nitrogens is 1. The van der Waals surface area contributed by atoms with E-state index in [2.05, 4.69) is 47.1 Å². The first kappa shape index (κ1) is 53.8. The molecule has 0 spiro atoms. The van der Waals surface area contributed by atoms with Gasteiger partial charge in [0.15, 0.2) is 5.75 Å². The summed E-state index contributed by atoms with van der Waals surface area (Å²) in [5.74, 6) is 0.00140. The van der Waals surface area contributed by atoms with Crippen molar-refractivity contribution in [3.05, 3.63) is 112 Å². The highest BCUT2D eigenvalue weighted by molar-refractivity contribution is 7.13. The molecular weight excluding hydrogens is 1070 g/mol. The minimum atomic E-state index is -1.01. The Kier molecular flexibility index (Phi) is 14.7. The van der Waals surface area contributed by atoms with Crippen molar-refractivity contribution >= 4 is 50.8 Å². The first-order valence-electron chi connectivity index (χ1n) is 28.3. The maximum atomic E-state index is 16.2. The van der Waals surface area contributed by atoms with E-state index >= 15 is 4.39 Å². The fourth-order valence-electron chi connectivity index (χ4n) is 12.5. The van der Waals surface area contributed by atoms with Crippen molar-refractivity contribution in [1.82, 2.24) is 55.7 Å². The van der Waals surface area contributed by atoms with Gasteiger partial charge in [0.2, 0.25) is 11.8 Å². The van der Waals surface area contributed by atoms with Crippen LogP contribution in [0.3, 0.4) is 0 Å². The van der Waals surface area contributed by atoms with E-state index in [0.29, 0.717) is 77.0 Å². The summed E-state index contributed by atoms with van der Waals surface area (Å²) in [5, 5.41) is 55.6. The summed E-state index contributed by atoms with van der Waals surface area (Å²) in [6.45, 7) is 7.91. The molecule has 5 fully saturated rings. The second-order valence-electron chi connectivity index (χ2n) is 22.7. The third-order valence-corrected chi connectivity index (χ3v) is 17.9. The van der Waals surface area contributed by atoms with Gasteiger partial charge < -0.3 is 50.0 Å². The van der Waals surface area contributed by atoms with Crippen LogP contribution in [0.5, 0.6) is 11.8 Å². The molecule has 8 heterocycles. The Bertz CT molecular complexity index is 3680. The molecule has 4 saturated heterocycles. The van der Waals surface area contributed by atoms with E-state index < -0.39 is 42.7 Å². The monoisotopic (exact) mass is 1130 g/mol. The van der Waals surface area contributed by atoms with Crippen LogP contribution in [0.4, 0.5) is 10.2 Å². The number of hydrogen-bond donors (Lipinski definition) is 6. The molecule has 0 unspecified atom stereocenters. The largest absolute Gasteiger partial charge is 0.486 e. The molecule has 13 rings (SSSR count). The average molecular weight is 1130 g/mol. The summed E-state index contributed by atoms with van der Waals surface area (Å²) in [6, 6.07) is 17.0. The number of carbonyl (C=O) groups excluding carboxylic acids is 2. The Labute approximate surface area is 476 Å². The maximum absolute atomic E-state index is 16.2. The minimum Gasteiger partial charge on any atom is -0.486 e. The topological polar surface area (TPSA) is 251 Å². The average Bonchev–Trinajstić information content (AvgIpc) is 4.34. The number of piperazine rings is 1. The zero-order valence-electron chi connectivity index (χ0n) is 45.8. The Hall–Kier alpha value is -7.47. The Morgan fingerprint density at radius 2 is 1.76 bits per heavy atom. The zero-order valence-corrected chi connectivity index (χ0v) is 46.6. The number of aromatic nitrogens is 8. The Balaban J connectivity index is 0.780. The first-order chi connectivity index (χ1) is 39.9. The van der Waals surface area contributed by atoms with Gasteiger partial charge >= 0.3 is 6.01 Å². The highest BCUT2D eigenvalue weighted by atomic mass is 32.1. The minimum absolute atomic E-state index is 0.0216. The van der Waals surface area contributed by atoms with Crippen molar-refractivity contribution in [2.24, 2.45) is 5.92 Å². The van der Waals surface area contributed by atoms with Crippen LogP contribution in [0.2, 0.25) is 0 Å². The van der Waals surface area contributed by atoms with E-state index in [1.54, 1.807) is 37.0 Å². The third kappa shape index (κ3) is 10.2. The molecule has 6 N–H and O–H groups in total. The van der Waals surface area contributed by atoms with E-state index in [4.69, 9.17) is 24.2 Å². The number of aromatic amines is 1. The molecule has 1 saturated carbocycles. The van der Waals surface area contributed by atoms with Gasteiger partial charge in [0.25, 0.3) is 0 Å². The fraction of sp³-hybridized carbons (Fsp3) is 0.433. The van der Waals surface area contributed by atoms with Crippen LogP contribution in [0.25, 0.3) is 54.6 Å². The lowest BCUT2D eigenvalue weighted by atomic mass is 9.88. The van der Waals surface area contributed by atoms with Gasteiger partial charge in [0.1, 0.15) is 47.6 Å². The summed E-state index contributed by atoms with van der Waals surface area (Å²) >= 11 is 1.41. The number of nitrogens with zero attached hydrogens (tertiary/aromatic N) is 9. The molecule has 8 aromatic rings. The number of amides is 2. The molecule has 22 heteroatoms. The molecule has 5 aliphatic rings.